The predicted molar refractivity (Wildman–Crippen MR) is 111 cm³/mol. The summed E-state index contributed by atoms with van der Waals surface area (Å²) in [4.78, 5) is 17.7. The molecule has 0 saturated carbocycles. The molecule has 1 atom stereocenters. The Balaban J connectivity index is 0.00000182. The van der Waals surface area contributed by atoms with Crippen molar-refractivity contribution in [1.82, 2.24) is 15.4 Å². The molecule has 1 amide bonds. The number of hydrogen-bond acceptors (Lipinski definition) is 5. The van der Waals surface area contributed by atoms with E-state index < -0.39 is 5.91 Å². The van der Waals surface area contributed by atoms with Gasteiger partial charge in [0.05, 0.1) is 17.6 Å². The molecule has 0 unspecified atom stereocenters. The molecule has 0 bridgehead atoms. The Hall–Kier alpha value is -2.12. The number of amides is 1. The molecule has 0 aliphatic carbocycles. The van der Waals surface area contributed by atoms with E-state index in [1.165, 1.54) is 11.6 Å². The highest BCUT2D eigenvalue weighted by atomic mass is 35.5. The minimum atomic E-state index is -0.575. The number of carbonyl (C=O) groups is 1. The zero-order chi connectivity index (χ0) is 17.5. The second-order valence-electron chi connectivity index (χ2n) is 6.13. The highest BCUT2D eigenvalue weighted by molar-refractivity contribution is 5.90. The van der Waals surface area contributed by atoms with Crippen LogP contribution in [0.15, 0.2) is 54.7 Å². The van der Waals surface area contributed by atoms with E-state index in [0.717, 1.165) is 31.7 Å². The number of rotatable bonds is 6. The molecule has 3 rings (SSSR count). The standard InChI is InChI=1S/C19H22N4O2.2ClH/c24-19(22-25)9-8-16-6-7-17(12-20-16)21-18-10-11-23(14-18)13-15-4-2-1-3-5-15;;/h1-9,12,18,21,25H,10-11,13-14H2,(H,22,24);2*1H/b9-8+;;/t18-;;/m1../s1. The van der Waals surface area contributed by atoms with Gasteiger partial charge in [0.1, 0.15) is 0 Å². The smallest absolute Gasteiger partial charge is 0.267 e. The third-order valence-electron chi connectivity index (χ3n) is 4.19. The fourth-order valence-corrected chi connectivity index (χ4v) is 2.96. The number of aromatic nitrogens is 1. The van der Waals surface area contributed by atoms with E-state index >= 15 is 0 Å². The highest BCUT2D eigenvalue weighted by Gasteiger charge is 2.22. The van der Waals surface area contributed by atoms with Gasteiger partial charge in [0.15, 0.2) is 0 Å². The summed E-state index contributed by atoms with van der Waals surface area (Å²) in [6.07, 6.45) is 5.64. The minimum Gasteiger partial charge on any atom is -0.380 e. The molecule has 1 saturated heterocycles. The molecule has 0 radical (unpaired) electrons. The summed E-state index contributed by atoms with van der Waals surface area (Å²) in [5.41, 5.74) is 4.51. The number of nitrogens with zero attached hydrogens (tertiary/aromatic N) is 2. The Morgan fingerprint density at radius 3 is 2.67 bits per heavy atom. The largest absolute Gasteiger partial charge is 0.380 e. The van der Waals surface area contributed by atoms with Gasteiger partial charge in [-0.15, -0.1) is 24.8 Å². The minimum absolute atomic E-state index is 0. The van der Waals surface area contributed by atoms with Crippen LogP contribution in [0.2, 0.25) is 0 Å². The molecule has 8 heteroatoms. The van der Waals surface area contributed by atoms with Gasteiger partial charge in [-0.1, -0.05) is 30.3 Å². The maximum Gasteiger partial charge on any atom is 0.267 e. The highest BCUT2D eigenvalue weighted by Crippen LogP contribution is 2.18. The quantitative estimate of drug-likeness (QED) is 0.387. The molecular weight excluding hydrogens is 387 g/mol. The number of halogens is 2. The van der Waals surface area contributed by atoms with Crippen molar-refractivity contribution in [1.29, 1.82) is 0 Å². The number of benzene rings is 1. The lowest BCUT2D eigenvalue weighted by Crippen LogP contribution is -2.26. The number of nitrogens with one attached hydrogen (secondary N) is 2. The number of carbonyl (C=O) groups excluding carboxylic acids is 1. The number of anilines is 1. The molecule has 1 aliphatic rings. The Morgan fingerprint density at radius 2 is 2.00 bits per heavy atom. The predicted octanol–water partition coefficient (Wildman–Crippen LogP) is 3.13. The number of pyridine rings is 1. The summed E-state index contributed by atoms with van der Waals surface area (Å²) in [6, 6.07) is 14.7. The van der Waals surface area contributed by atoms with E-state index in [1.807, 2.05) is 18.2 Å². The summed E-state index contributed by atoms with van der Waals surface area (Å²) >= 11 is 0. The third-order valence-corrected chi connectivity index (χ3v) is 4.19. The van der Waals surface area contributed by atoms with E-state index in [1.54, 1.807) is 17.8 Å². The van der Waals surface area contributed by atoms with E-state index in [2.05, 4.69) is 39.5 Å². The Bertz CT molecular complexity index is 726. The van der Waals surface area contributed by atoms with Gasteiger partial charge in [0, 0.05) is 31.8 Å². The van der Waals surface area contributed by atoms with Crippen LogP contribution in [0.5, 0.6) is 0 Å². The van der Waals surface area contributed by atoms with Crippen molar-refractivity contribution in [2.45, 2.75) is 19.0 Å². The molecule has 3 N–H and O–H groups in total. The average molecular weight is 411 g/mol. The van der Waals surface area contributed by atoms with Crippen molar-refractivity contribution in [3.05, 3.63) is 66.0 Å². The molecule has 1 aliphatic heterocycles. The first-order valence-electron chi connectivity index (χ1n) is 8.34. The molecule has 6 nitrogen and oxygen atoms in total. The topological polar surface area (TPSA) is 77.5 Å². The van der Waals surface area contributed by atoms with Gasteiger partial charge >= 0.3 is 0 Å². The molecule has 1 aromatic heterocycles. The summed E-state index contributed by atoms with van der Waals surface area (Å²) < 4.78 is 0. The molecule has 27 heavy (non-hydrogen) atoms. The normalized spacial score (nSPS) is 16.4. The van der Waals surface area contributed by atoms with Crippen LogP contribution < -0.4 is 10.8 Å². The molecular formula is C19H24Cl2N4O2. The lowest BCUT2D eigenvalue weighted by molar-refractivity contribution is -0.124. The monoisotopic (exact) mass is 410 g/mol. The summed E-state index contributed by atoms with van der Waals surface area (Å²) in [5, 5.41) is 12.0. The molecule has 0 spiro atoms. The van der Waals surface area contributed by atoms with Gasteiger partial charge in [0.25, 0.3) is 5.91 Å². The Labute approximate surface area is 171 Å². The van der Waals surface area contributed by atoms with Gasteiger partial charge in [-0.2, -0.15) is 0 Å². The molecule has 1 fully saturated rings. The van der Waals surface area contributed by atoms with Crippen molar-refractivity contribution in [3.8, 4) is 0 Å². The van der Waals surface area contributed by atoms with Crippen molar-refractivity contribution in [2.75, 3.05) is 18.4 Å². The lowest BCUT2D eigenvalue weighted by atomic mass is 10.2. The zero-order valence-electron chi connectivity index (χ0n) is 14.7. The first-order valence-corrected chi connectivity index (χ1v) is 8.34. The van der Waals surface area contributed by atoms with Gasteiger partial charge in [-0.25, -0.2) is 5.48 Å². The first kappa shape index (κ1) is 22.9. The number of hydrogen-bond donors (Lipinski definition) is 3. The number of likely N-dealkylation sites (tertiary alicyclic amines) is 1. The van der Waals surface area contributed by atoms with E-state index in [9.17, 15) is 4.79 Å². The lowest BCUT2D eigenvalue weighted by Gasteiger charge is -2.17. The first-order chi connectivity index (χ1) is 12.2. The number of hydroxylamine groups is 1. The van der Waals surface area contributed by atoms with E-state index in [-0.39, 0.29) is 24.8 Å². The van der Waals surface area contributed by atoms with Gasteiger partial charge < -0.3 is 5.32 Å². The van der Waals surface area contributed by atoms with Crippen LogP contribution >= 0.6 is 24.8 Å². The van der Waals surface area contributed by atoms with Gasteiger partial charge in [-0.3, -0.25) is 19.9 Å². The van der Waals surface area contributed by atoms with Crippen LogP contribution in [0.3, 0.4) is 0 Å². The van der Waals surface area contributed by atoms with Crippen LogP contribution in [0.25, 0.3) is 6.08 Å². The molecule has 2 aromatic rings. The second-order valence-corrected chi connectivity index (χ2v) is 6.13. The molecule has 1 aromatic carbocycles. The SMILES string of the molecule is Cl.Cl.O=C(/C=C/c1ccc(N[C@@H]2CCN(Cc3ccccc3)C2)cn1)NO. The fraction of sp³-hybridized carbons (Fsp3) is 0.263. The molecule has 2 heterocycles. The van der Waals surface area contributed by atoms with E-state index in [4.69, 9.17) is 5.21 Å². The Kier molecular flexibility index (Phi) is 9.82. The maximum atomic E-state index is 11.0. The Morgan fingerprint density at radius 1 is 1.22 bits per heavy atom. The van der Waals surface area contributed by atoms with E-state index in [0.29, 0.717) is 11.7 Å². The summed E-state index contributed by atoms with van der Waals surface area (Å²) in [5.74, 6) is -0.575. The van der Waals surface area contributed by atoms with Crippen LogP contribution in [-0.2, 0) is 11.3 Å². The molecule has 146 valence electrons. The summed E-state index contributed by atoms with van der Waals surface area (Å²) in [6.45, 7) is 3.07. The third kappa shape index (κ3) is 7.19. The maximum absolute atomic E-state index is 11.0. The second kappa shape index (κ2) is 11.6. The van der Waals surface area contributed by atoms with Crippen LogP contribution in [0.4, 0.5) is 5.69 Å². The fourth-order valence-electron chi connectivity index (χ4n) is 2.96. The van der Waals surface area contributed by atoms with Crippen molar-refractivity contribution in [2.24, 2.45) is 0 Å². The van der Waals surface area contributed by atoms with Crippen molar-refractivity contribution in [3.63, 3.8) is 0 Å². The van der Waals surface area contributed by atoms with Crippen LogP contribution in [0, 0.1) is 0 Å². The van der Waals surface area contributed by atoms with Gasteiger partial charge in [0.2, 0.25) is 0 Å². The van der Waals surface area contributed by atoms with Crippen LogP contribution in [-0.4, -0.2) is 40.1 Å². The average Bonchev–Trinajstić information content (AvgIpc) is 3.08. The van der Waals surface area contributed by atoms with Crippen molar-refractivity contribution < 1.29 is 10.0 Å². The summed E-state index contributed by atoms with van der Waals surface area (Å²) in [7, 11) is 0. The van der Waals surface area contributed by atoms with Crippen molar-refractivity contribution >= 4 is 42.5 Å². The van der Waals surface area contributed by atoms with Crippen LogP contribution in [0.1, 0.15) is 17.7 Å². The zero-order valence-corrected chi connectivity index (χ0v) is 16.4. The van der Waals surface area contributed by atoms with Gasteiger partial charge in [-0.05, 0) is 30.2 Å².